The maximum Gasteiger partial charge on any atom is 0.336 e. The number of imidazole rings is 1. The summed E-state index contributed by atoms with van der Waals surface area (Å²) < 4.78 is 0. The number of nitrogens with one attached hydrogen (secondary N) is 2. The fraction of sp³-hybridized carbons (Fsp3) is 0. The van der Waals surface area contributed by atoms with Crippen LogP contribution < -0.4 is 5.32 Å². The summed E-state index contributed by atoms with van der Waals surface area (Å²) in [5.74, 6) is -0.603. The lowest BCUT2D eigenvalue weighted by Crippen LogP contribution is -2.13. The number of aromatic nitrogens is 2. The second kappa shape index (κ2) is 8.43. The van der Waals surface area contributed by atoms with Crippen molar-refractivity contribution in [3.05, 3.63) is 108 Å². The van der Waals surface area contributed by atoms with E-state index in [-0.39, 0.29) is 11.5 Å². The fourth-order valence-electron chi connectivity index (χ4n) is 3.82. The minimum absolute atomic E-state index is 0.146. The molecule has 0 unspecified atom stereocenters. The number of carbonyl (C=O) groups is 2. The third kappa shape index (κ3) is 3.97. The lowest BCUT2D eigenvalue weighted by atomic mass is 9.95. The van der Waals surface area contributed by atoms with E-state index in [1.807, 2.05) is 48.5 Å². The first-order chi connectivity index (χ1) is 16.1. The van der Waals surface area contributed by atoms with Gasteiger partial charge in [-0.3, -0.25) is 4.79 Å². The molecular weight excluding hydrogens is 414 g/mol. The zero-order valence-corrected chi connectivity index (χ0v) is 17.4. The van der Waals surface area contributed by atoms with Crippen molar-refractivity contribution < 1.29 is 14.7 Å². The number of hydrogen-bond acceptors (Lipinski definition) is 3. The number of hydrogen-bond donors (Lipinski definition) is 3. The normalized spacial score (nSPS) is 10.8. The number of rotatable bonds is 5. The molecule has 5 aromatic rings. The summed E-state index contributed by atoms with van der Waals surface area (Å²) in [5, 5.41) is 12.5. The summed E-state index contributed by atoms with van der Waals surface area (Å²) in [5.41, 5.74) is 4.98. The van der Waals surface area contributed by atoms with Crippen LogP contribution in [0.3, 0.4) is 0 Å². The number of fused-ring (bicyclic) bond motifs is 1. The van der Waals surface area contributed by atoms with E-state index in [1.54, 1.807) is 42.5 Å². The van der Waals surface area contributed by atoms with Crippen molar-refractivity contribution in [1.29, 1.82) is 0 Å². The SMILES string of the molecule is O=C(O)c1ccccc1-c1ccccc1C(=O)Nc1ccc(-c2nc3ccccc3[nH]2)cc1. The number of carboxylic acids is 1. The van der Waals surface area contributed by atoms with Crippen LogP contribution in [0.5, 0.6) is 0 Å². The highest BCUT2D eigenvalue weighted by Gasteiger charge is 2.17. The molecule has 0 aliphatic carbocycles. The summed E-state index contributed by atoms with van der Waals surface area (Å²) in [6.45, 7) is 0. The highest BCUT2D eigenvalue weighted by Crippen LogP contribution is 2.28. The molecular formula is C27H19N3O3. The van der Waals surface area contributed by atoms with Crippen LogP contribution >= 0.6 is 0 Å². The molecule has 6 nitrogen and oxygen atoms in total. The average Bonchev–Trinajstić information content (AvgIpc) is 3.29. The molecule has 0 aliphatic heterocycles. The maximum atomic E-state index is 13.1. The van der Waals surface area contributed by atoms with Crippen molar-refractivity contribution in [3.63, 3.8) is 0 Å². The van der Waals surface area contributed by atoms with Crippen molar-refractivity contribution in [2.45, 2.75) is 0 Å². The molecule has 160 valence electrons. The molecule has 6 heteroatoms. The van der Waals surface area contributed by atoms with Crippen LogP contribution in [0.15, 0.2) is 97.1 Å². The molecule has 0 saturated carbocycles. The zero-order valence-electron chi connectivity index (χ0n) is 17.4. The Kier molecular flexibility index (Phi) is 5.16. The first-order valence-corrected chi connectivity index (χ1v) is 10.4. The number of nitrogens with zero attached hydrogens (tertiary/aromatic N) is 1. The minimum atomic E-state index is -1.04. The average molecular weight is 433 g/mol. The van der Waals surface area contributed by atoms with Crippen LogP contribution in [0.1, 0.15) is 20.7 Å². The molecule has 3 N–H and O–H groups in total. The quantitative estimate of drug-likeness (QED) is 0.324. The van der Waals surface area contributed by atoms with Gasteiger partial charge in [0.1, 0.15) is 5.82 Å². The van der Waals surface area contributed by atoms with Gasteiger partial charge >= 0.3 is 5.97 Å². The molecule has 0 fully saturated rings. The van der Waals surface area contributed by atoms with Crippen LogP contribution in [0, 0.1) is 0 Å². The number of para-hydroxylation sites is 2. The highest BCUT2D eigenvalue weighted by atomic mass is 16.4. The standard InChI is InChI=1S/C27H19N3O3/c31-26(21-9-3-1-7-19(21)20-8-2-4-10-22(20)27(32)33)28-18-15-13-17(14-16-18)25-29-23-11-5-6-12-24(23)30-25/h1-16H,(H,28,31)(H,29,30)(H,32,33). The summed E-state index contributed by atoms with van der Waals surface area (Å²) in [6, 6.07) is 28.9. The van der Waals surface area contributed by atoms with Gasteiger partial charge in [0.05, 0.1) is 16.6 Å². The van der Waals surface area contributed by atoms with Gasteiger partial charge in [0.2, 0.25) is 0 Å². The fourth-order valence-corrected chi connectivity index (χ4v) is 3.82. The number of anilines is 1. The molecule has 0 radical (unpaired) electrons. The van der Waals surface area contributed by atoms with Gasteiger partial charge in [-0.15, -0.1) is 0 Å². The van der Waals surface area contributed by atoms with Gasteiger partial charge in [0, 0.05) is 16.8 Å². The first-order valence-electron chi connectivity index (χ1n) is 10.4. The molecule has 1 amide bonds. The predicted octanol–water partition coefficient (Wildman–Crippen LogP) is 5.85. The molecule has 0 spiro atoms. The van der Waals surface area contributed by atoms with Crippen molar-refractivity contribution >= 4 is 28.6 Å². The number of benzene rings is 4. The number of aromatic amines is 1. The Hall–Kier alpha value is -4.71. The van der Waals surface area contributed by atoms with E-state index in [2.05, 4.69) is 15.3 Å². The van der Waals surface area contributed by atoms with E-state index in [1.165, 1.54) is 6.07 Å². The van der Waals surface area contributed by atoms with Gasteiger partial charge in [-0.2, -0.15) is 0 Å². The van der Waals surface area contributed by atoms with E-state index in [9.17, 15) is 14.7 Å². The van der Waals surface area contributed by atoms with Crippen molar-refractivity contribution in [1.82, 2.24) is 9.97 Å². The summed E-state index contributed by atoms with van der Waals surface area (Å²) in [4.78, 5) is 32.6. The summed E-state index contributed by atoms with van der Waals surface area (Å²) in [6.07, 6.45) is 0. The second-order valence-electron chi connectivity index (χ2n) is 7.53. The van der Waals surface area contributed by atoms with Crippen LogP contribution in [0.25, 0.3) is 33.5 Å². The first kappa shape index (κ1) is 20.2. The van der Waals surface area contributed by atoms with E-state index < -0.39 is 5.97 Å². The predicted molar refractivity (Wildman–Crippen MR) is 128 cm³/mol. The molecule has 33 heavy (non-hydrogen) atoms. The van der Waals surface area contributed by atoms with Crippen molar-refractivity contribution in [2.24, 2.45) is 0 Å². The number of carbonyl (C=O) groups excluding carboxylic acids is 1. The molecule has 0 bridgehead atoms. The molecule has 1 aromatic heterocycles. The van der Waals surface area contributed by atoms with Crippen LogP contribution in [-0.4, -0.2) is 27.0 Å². The largest absolute Gasteiger partial charge is 0.478 e. The molecule has 5 rings (SSSR count). The summed E-state index contributed by atoms with van der Waals surface area (Å²) >= 11 is 0. The topological polar surface area (TPSA) is 95.1 Å². The van der Waals surface area contributed by atoms with Crippen LogP contribution in [-0.2, 0) is 0 Å². The Labute approximate surface area is 189 Å². The Morgan fingerprint density at radius 3 is 2.03 bits per heavy atom. The van der Waals surface area contributed by atoms with Crippen molar-refractivity contribution in [3.8, 4) is 22.5 Å². The van der Waals surface area contributed by atoms with Gasteiger partial charge < -0.3 is 15.4 Å². The van der Waals surface area contributed by atoms with E-state index in [4.69, 9.17) is 0 Å². The molecule has 4 aromatic carbocycles. The number of aromatic carboxylic acids is 1. The minimum Gasteiger partial charge on any atom is -0.478 e. The lowest BCUT2D eigenvalue weighted by Gasteiger charge is -2.12. The molecule has 0 atom stereocenters. The van der Waals surface area contributed by atoms with Gasteiger partial charge in [-0.05, 0) is 59.7 Å². The number of amides is 1. The van der Waals surface area contributed by atoms with Gasteiger partial charge in [-0.1, -0.05) is 48.5 Å². The third-order valence-corrected chi connectivity index (χ3v) is 5.42. The lowest BCUT2D eigenvalue weighted by molar-refractivity contribution is 0.0697. The third-order valence-electron chi connectivity index (χ3n) is 5.42. The van der Waals surface area contributed by atoms with Gasteiger partial charge in [0.15, 0.2) is 0 Å². The smallest absolute Gasteiger partial charge is 0.336 e. The Bertz CT molecular complexity index is 1450. The van der Waals surface area contributed by atoms with Crippen molar-refractivity contribution in [2.75, 3.05) is 5.32 Å². The van der Waals surface area contributed by atoms with Gasteiger partial charge in [-0.25, -0.2) is 9.78 Å². The number of carboxylic acid groups (broad SMARTS) is 1. The van der Waals surface area contributed by atoms with E-state index in [0.717, 1.165) is 22.4 Å². The highest BCUT2D eigenvalue weighted by molar-refractivity contribution is 6.10. The van der Waals surface area contributed by atoms with Crippen LogP contribution in [0.4, 0.5) is 5.69 Å². The summed E-state index contributed by atoms with van der Waals surface area (Å²) in [7, 11) is 0. The second-order valence-corrected chi connectivity index (χ2v) is 7.53. The zero-order chi connectivity index (χ0) is 22.8. The Morgan fingerprint density at radius 1 is 0.727 bits per heavy atom. The van der Waals surface area contributed by atoms with Gasteiger partial charge in [0.25, 0.3) is 5.91 Å². The molecule has 0 saturated heterocycles. The molecule has 0 aliphatic rings. The molecule has 1 heterocycles. The monoisotopic (exact) mass is 433 g/mol. The Morgan fingerprint density at radius 2 is 1.33 bits per heavy atom. The maximum absolute atomic E-state index is 13.1. The van der Waals surface area contributed by atoms with Crippen LogP contribution in [0.2, 0.25) is 0 Å². The Balaban J connectivity index is 1.41. The number of H-pyrrole nitrogens is 1. The van der Waals surface area contributed by atoms with E-state index in [0.29, 0.717) is 22.4 Å². The van der Waals surface area contributed by atoms with E-state index >= 15 is 0 Å².